The van der Waals surface area contributed by atoms with Crippen molar-refractivity contribution in [2.24, 2.45) is 0 Å². The number of fused-ring (bicyclic) bond motifs is 1. The van der Waals surface area contributed by atoms with E-state index in [4.69, 9.17) is 9.72 Å². The zero-order valence-corrected chi connectivity index (χ0v) is 18.3. The van der Waals surface area contributed by atoms with Gasteiger partial charge in [-0.15, -0.1) is 0 Å². The van der Waals surface area contributed by atoms with Crippen LogP contribution in [0.4, 0.5) is 11.6 Å². The molecule has 0 fully saturated rings. The van der Waals surface area contributed by atoms with Crippen LogP contribution in [0.25, 0.3) is 0 Å². The molecule has 1 aliphatic rings. The molecule has 3 aromatic rings. The number of benzene rings is 1. The lowest BCUT2D eigenvalue weighted by Crippen LogP contribution is -2.32. The molecule has 0 radical (unpaired) electrons. The van der Waals surface area contributed by atoms with Crippen LogP contribution >= 0.6 is 0 Å². The second-order valence-electron chi connectivity index (χ2n) is 7.83. The van der Waals surface area contributed by atoms with Gasteiger partial charge in [0.05, 0.1) is 12.2 Å². The molecule has 0 amide bonds. The van der Waals surface area contributed by atoms with Gasteiger partial charge in [-0.1, -0.05) is 36.4 Å². The number of aromatic nitrogens is 2. The molecule has 0 unspecified atom stereocenters. The van der Waals surface area contributed by atoms with E-state index in [0.717, 1.165) is 48.6 Å². The van der Waals surface area contributed by atoms with Gasteiger partial charge in [0.1, 0.15) is 17.7 Å². The predicted octanol–water partition coefficient (Wildman–Crippen LogP) is 3.58. The molecular formula is C25H28N6O. The molecule has 4 rings (SSSR count). The van der Waals surface area contributed by atoms with Gasteiger partial charge in [-0.2, -0.15) is 5.26 Å². The SMILES string of the molecule is COCCNc1nc(NCc2cccnc2)c(C#N)c2c1CN(Cc1ccccc1)CC2. The molecule has 7 nitrogen and oxygen atoms in total. The average molecular weight is 429 g/mol. The summed E-state index contributed by atoms with van der Waals surface area (Å²) in [6.07, 6.45) is 4.38. The maximum atomic E-state index is 9.98. The van der Waals surface area contributed by atoms with Crippen LogP contribution < -0.4 is 10.6 Å². The number of nitriles is 1. The number of hydrogen-bond donors (Lipinski definition) is 2. The first-order chi connectivity index (χ1) is 15.8. The van der Waals surface area contributed by atoms with Crippen molar-refractivity contribution in [3.63, 3.8) is 0 Å². The fourth-order valence-corrected chi connectivity index (χ4v) is 4.02. The van der Waals surface area contributed by atoms with Gasteiger partial charge >= 0.3 is 0 Å². The molecule has 164 valence electrons. The Labute approximate surface area is 189 Å². The van der Waals surface area contributed by atoms with Gasteiger partial charge in [0.2, 0.25) is 0 Å². The largest absolute Gasteiger partial charge is 0.383 e. The van der Waals surface area contributed by atoms with E-state index in [1.54, 1.807) is 13.3 Å². The lowest BCUT2D eigenvalue weighted by Gasteiger charge is -2.31. The number of methoxy groups -OCH3 is 1. The monoisotopic (exact) mass is 428 g/mol. The summed E-state index contributed by atoms with van der Waals surface area (Å²) in [4.78, 5) is 11.4. The summed E-state index contributed by atoms with van der Waals surface area (Å²) >= 11 is 0. The van der Waals surface area contributed by atoms with E-state index in [2.05, 4.69) is 50.9 Å². The van der Waals surface area contributed by atoms with E-state index < -0.39 is 0 Å². The van der Waals surface area contributed by atoms with Crippen molar-refractivity contribution in [1.82, 2.24) is 14.9 Å². The van der Waals surface area contributed by atoms with Gasteiger partial charge in [0.15, 0.2) is 0 Å². The van der Waals surface area contributed by atoms with Gasteiger partial charge in [-0.25, -0.2) is 4.98 Å². The maximum Gasteiger partial charge on any atom is 0.146 e. The first-order valence-electron chi connectivity index (χ1n) is 10.9. The van der Waals surface area contributed by atoms with Crippen molar-refractivity contribution in [2.45, 2.75) is 26.1 Å². The second kappa shape index (κ2) is 10.7. The second-order valence-corrected chi connectivity index (χ2v) is 7.83. The molecule has 1 aromatic carbocycles. The Bertz CT molecular complexity index is 1070. The van der Waals surface area contributed by atoms with Crippen LogP contribution in [-0.2, 0) is 30.8 Å². The lowest BCUT2D eigenvalue weighted by molar-refractivity contribution is 0.210. The zero-order valence-electron chi connectivity index (χ0n) is 18.3. The van der Waals surface area contributed by atoms with Crippen LogP contribution in [0.5, 0.6) is 0 Å². The summed E-state index contributed by atoms with van der Waals surface area (Å²) in [5.41, 5.74) is 5.15. The predicted molar refractivity (Wildman–Crippen MR) is 125 cm³/mol. The molecule has 2 aromatic heterocycles. The molecular weight excluding hydrogens is 400 g/mol. The normalized spacial score (nSPS) is 13.2. The number of pyridine rings is 2. The van der Waals surface area contributed by atoms with Crippen LogP contribution in [0.3, 0.4) is 0 Å². The van der Waals surface area contributed by atoms with Crippen molar-refractivity contribution in [1.29, 1.82) is 5.26 Å². The van der Waals surface area contributed by atoms with Gasteiger partial charge in [0.25, 0.3) is 0 Å². The Morgan fingerprint density at radius 1 is 1.06 bits per heavy atom. The molecule has 0 bridgehead atoms. The minimum Gasteiger partial charge on any atom is -0.383 e. The summed E-state index contributed by atoms with van der Waals surface area (Å²) in [6.45, 7) is 4.34. The Balaban J connectivity index is 1.61. The molecule has 3 heterocycles. The molecule has 2 N–H and O–H groups in total. The summed E-state index contributed by atoms with van der Waals surface area (Å²) < 4.78 is 5.21. The third-order valence-corrected chi connectivity index (χ3v) is 5.61. The van der Waals surface area contributed by atoms with Crippen LogP contribution in [0.1, 0.15) is 27.8 Å². The summed E-state index contributed by atoms with van der Waals surface area (Å²) in [6, 6.07) is 16.8. The fourth-order valence-electron chi connectivity index (χ4n) is 4.02. The van der Waals surface area contributed by atoms with E-state index >= 15 is 0 Å². The number of hydrogen-bond acceptors (Lipinski definition) is 7. The topological polar surface area (TPSA) is 86.1 Å². The van der Waals surface area contributed by atoms with Crippen molar-refractivity contribution in [2.75, 3.05) is 37.4 Å². The minimum atomic E-state index is 0.561. The van der Waals surface area contributed by atoms with Crippen LogP contribution in [0, 0.1) is 11.3 Å². The number of nitrogens with zero attached hydrogens (tertiary/aromatic N) is 4. The van der Waals surface area contributed by atoms with E-state index in [0.29, 0.717) is 31.1 Å². The zero-order chi connectivity index (χ0) is 22.2. The van der Waals surface area contributed by atoms with Gasteiger partial charge in [0, 0.05) is 57.8 Å². The average Bonchev–Trinajstić information content (AvgIpc) is 2.84. The van der Waals surface area contributed by atoms with Crippen molar-refractivity contribution in [3.8, 4) is 6.07 Å². The highest BCUT2D eigenvalue weighted by atomic mass is 16.5. The van der Waals surface area contributed by atoms with Crippen LogP contribution in [-0.4, -0.2) is 41.7 Å². The fraction of sp³-hybridized carbons (Fsp3) is 0.320. The van der Waals surface area contributed by atoms with Crippen molar-refractivity contribution in [3.05, 3.63) is 82.7 Å². The number of ether oxygens (including phenoxy) is 1. The van der Waals surface area contributed by atoms with E-state index in [9.17, 15) is 5.26 Å². The molecule has 0 saturated carbocycles. The molecule has 0 aliphatic carbocycles. The van der Waals surface area contributed by atoms with E-state index in [-0.39, 0.29) is 0 Å². The summed E-state index contributed by atoms with van der Waals surface area (Å²) in [5, 5.41) is 16.8. The number of rotatable bonds is 9. The van der Waals surface area contributed by atoms with Crippen LogP contribution in [0.15, 0.2) is 54.9 Å². The molecule has 0 atom stereocenters. The quantitative estimate of drug-likeness (QED) is 0.504. The Kier molecular flexibility index (Phi) is 7.28. The van der Waals surface area contributed by atoms with E-state index in [1.807, 2.05) is 24.4 Å². The Hall–Kier alpha value is -3.47. The summed E-state index contributed by atoms with van der Waals surface area (Å²) in [7, 11) is 1.69. The molecule has 32 heavy (non-hydrogen) atoms. The highest BCUT2D eigenvalue weighted by Gasteiger charge is 2.25. The highest BCUT2D eigenvalue weighted by molar-refractivity contribution is 5.66. The third-order valence-electron chi connectivity index (χ3n) is 5.61. The van der Waals surface area contributed by atoms with Gasteiger partial charge in [-0.05, 0) is 29.2 Å². The smallest absolute Gasteiger partial charge is 0.146 e. The number of anilines is 2. The first kappa shape index (κ1) is 21.8. The molecule has 7 heteroatoms. The molecule has 0 spiro atoms. The molecule has 0 saturated heterocycles. The maximum absolute atomic E-state index is 9.98. The Morgan fingerprint density at radius 3 is 2.66 bits per heavy atom. The number of nitrogens with one attached hydrogen (secondary N) is 2. The lowest BCUT2D eigenvalue weighted by atomic mass is 9.95. The third kappa shape index (κ3) is 5.22. The Morgan fingerprint density at radius 2 is 1.91 bits per heavy atom. The summed E-state index contributed by atoms with van der Waals surface area (Å²) in [5.74, 6) is 1.44. The first-order valence-corrected chi connectivity index (χ1v) is 10.9. The standard InChI is InChI=1S/C25H28N6O/c1-32-13-11-28-25-23-18-31(17-19-6-3-2-4-7-19)12-9-21(23)22(14-26)24(30-25)29-16-20-8-5-10-27-15-20/h2-8,10,15H,9,11-13,16-18H2,1H3,(H2,28,29,30). The van der Waals surface area contributed by atoms with E-state index in [1.165, 1.54) is 5.56 Å². The van der Waals surface area contributed by atoms with Crippen LogP contribution in [0.2, 0.25) is 0 Å². The van der Waals surface area contributed by atoms with Crippen molar-refractivity contribution >= 4 is 11.6 Å². The molecule has 1 aliphatic heterocycles. The van der Waals surface area contributed by atoms with Crippen molar-refractivity contribution < 1.29 is 4.74 Å². The minimum absolute atomic E-state index is 0.561. The van der Waals surface area contributed by atoms with Gasteiger partial charge in [-0.3, -0.25) is 9.88 Å². The highest BCUT2D eigenvalue weighted by Crippen LogP contribution is 2.32. The van der Waals surface area contributed by atoms with Gasteiger partial charge < -0.3 is 15.4 Å².